The maximum absolute atomic E-state index is 12.9. The van der Waals surface area contributed by atoms with E-state index in [0.29, 0.717) is 37.2 Å². The van der Waals surface area contributed by atoms with E-state index < -0.39 is 11.9 Å². The van der Waals surface area contributed by atoms with Gasteiger partial charge in [0.25, 0.3) is 11.8 Å². The molecular formula is C19H20N4O4. The highest BCUT2D eigenvalue weighted by molar-refractivity contribution is 6.05. The molecule has 0 saturated carbocycles. The van der Waals surface area contributed by atoms with Gasteiger partial charge in [0, 0.05) is 31.4 Å². The minimum Gasteiger partial charge on any atom is -0.465 e. The molecule has 0 fully saturated rings. The van der Waals surface area contributed by atoms with Crippen LogP contribution in [0.3, 0.4) is 0 Å². The van der Waals surface area contributed by atoms with Crippen LogP contribution in [0.15, 0.2) is 24.4 Å². The van der Waals surface area contributed by atoms with Gasteiger partial charge in [-0.3, -0.25) is 19.6 Å². The Balaban J connectivity index is 1.86. The van der Waals surface area contributed by atoms with Gasteiger partial charge >= 0.3 is 5.97 Å². The number of hydrogen-bond donors (Lipinski definition) is 1. The van der Waals surface area contributed by atoms with E-state index in [1.807, 2.05) is 0 Å². The highest BCUT2D eigenvalue weighted by atomic mass is 16.5. The number of methoxy groups -OCH3 is 1. The van der Waals surface area contributed by atoms with Gasteiger partial charge in [-0.25, -0.2) is 4.79 Å². The zero-order valence-electron chi connectivity index (χ0n) is 15.2. The minimum absolute atomic E-state index is 0.0359. The lowest BCUT2D eigenvalue weighted by Crippen LogP contribution is -2.35. The zero-order chi connectivity index (χ0) is 19.6. The summed E-state index contributed by atoms with van der Waals surface area (Å²) in [5.41, 5.74) is 8.29. The number of hydrogen-bond acceptors (Lipinski definition) is 6. The normalized spacial score (nSPS) is 13.5. The molecule has 0 aromatic carbocycles. The Morgan fingerprint density at radius 3 is 2.63 bits per heavy atom. The first-order chi connectivity index (χ1) is 12.9. The predicted octanol–water partition coefficient (Wildman–Crippen LogP) is 0.912. The first-order valence-electron chi connectivity index (χ1n) is 8.54. The third kappa shape index (κ3) is 3.64. The summed E-state index contributed by atoms with van der Waals surface area (Å²) in [5.74, 6) is -1.46. The number of nitrogens with two attached hydrogens (primary N) is 1. The van der Waals surface area contributed by atoms with Crippen molar-refractivity contribution in [1.29, 1.82) is 0 Å². The van der Waals surface area contributed by atoms with Crippen LogP contribution >= 0.6 is 0 Å². The summed E-state index contributed by atoms with van der Waals surface area (Å²) in [7, 11) is 1.33. The van der Waals surface area contributed by atoms with Crippen molar-refractivity contribution in [3.05, 3.63) is 58.2 Å². The first kappa shape index (κ1) is 18.5. The lowest BCUT2D eigenvalue weighted by molar-refractivity contribution is 0.0598. The summed E-state index contributed by atoms with van der Waals surface area (Å²) < 4.78 is 4.80. The average molecular weight is 368 g/mol. The largest absolute Gasteiger partial charge is 0.465 e. The van der Waals surface area contributed by atoms with E-state index in [1.54, 1.807) is 30.0 Å². The van der Waals surface area contributed by atoms with Crippen LogP contribution in [0.25, 0.3) is 0 Å². The fourth-order valence-electron chi connectivity index (χ4n) is 3.20. The Bertz CT molecular complexity index is 926. The van der Waals surface area contributed by atoms with E-state index in [9.17, 15) is 14.4 Å². The maximum Gasteiger partial charge on any atom is 0.339 e. The monoisotopic (exact) mass is 368 g/mol. The molecule has 0 aliphatic carbocycles. The van der Waals surface area contributed by atoms with Crippen molar-refractivity contribution in [3.63, 3.8) is 0 Å². The standard InChI is InChI=1S/C19H20N4O4/c1-11-14(19(26)27-2)10-12-5-8-23(9-6-15(12)22-11)18(25)13-4-3-7-21-16(13)17(20)24/h3-4,7,10H,5-6,8-9H2,1-2H3,(H2,20,24). The number of pyridine rings is 2. The number of nitrogens with zero attached hydrogens (tertiary/aromatic N) is 3. The summed E-state index contributed by atoms with van der Waals surface area (Å²) in [4.78, 5) is 46.5. The third-order valence-corrected chi connectivity index (χ3v) is 4.62. The fourth-order valence-corrected chi connectivity index (χ4v) is 3.20. The van der Waals surface area contributed by atoms with Gasteiger partial charge in [-0.05, 0) is 37.1 Å². The molecule has 1 aliphatic heterocycles. The number of ether oxygens (including phenoxy) is 1. The van der Waals surface area contributed by atoms with Crippen LogP contribution in [0.1, 0.15) is 48.2 Å². The van der Waals surface area contributed by atoms with E-state index in [2.05, 4.69) is 9.97 Å². The smallest absolute Gasteiger partial charge is 0.339 e. The molecule has 8 nitrogen and oxygen atoms in total. The van der Waals surface area contributed by atoms with Crippen LogP contribution in [0.4, 0.5) is 0 Å². The molecule has 2 N–H and O–H groups in total. The molecule has 1 aliphatic rings. The fraction of sp³-hybridized carbons (Fsp3) is 0.316. The third-order valence-electron chi connectivity index (χ3n) is 4.62. The predicted molar refractivity (Wildman–Crippen MR) is 96.4 cm³/mol. The van der Waals surface area contributed by atoms with Crippen LogP contribution in [0.2, 0.25) is 0 Å². The maximum atomic E-state index is 12.9. The van der Waals surface area contributed by atoms with Gasteiger partial charge in [-0.1, -0.05) is 0 Å². The molecule has 27 heavy (non-hydrogen) atoms. The summed E-state index contributed by atoms with van der Waals surface area (Å²) in [6, 6.07) is 4.93. The number of rotatable bonds is 3. The van der Waals surface area contributed by atoms with E-state index in [1.165, 1.54) is 13.3 Å². The summed E-state index contributed by atoms with van der Waals surface area (Å²) >= 11 is 0. The molecule has 0 bridgehead atoms. The average Bonchev–Trinajstić information content (AvgIpc) is 2.88. The quantitative estimate of drug-likeness (QED) is 0.805. The van der Waals surface area contributed by atoms with Gasteiger partial charge in [0.2, 0.25) is 0 Å². The molecule has 140 valence electrons. The van der Waals surface area contributed by atoms with Crippen LogP contribution in [0.5, 0.6) is 0 Å². The van der Waals surface area contributed by atoms with Crippen molar-refractivity contribution < 1.29 is 19.1 Å². The van der Waals surface area contributed by atoms with E-state index in [-0.39, 0.29) is 17.2 Å². The minimum atomic E-state index is -0.739. The van der Waals surface area contributed by atoms with Gasteiger partial charge in [0.05, 0.1) is 23.9 Å². The molecule has 0 spiro atoms. The molecule has 0 radical (unpaired) electrons. The number of primary amides is 1. The number of amides is 2. The summed E-state index contributed by atoms with van der Waals surface area (Å²) in [6.45, 7) is 2.64. The second-order valence-electron chi connectivity index (χ2n) is 6.27. The molecular weight excluding hydrogens is 348 g/mol. The van der Waals surface area contributed by atoms with E-state index in [4.69, 9.17) is 10.5 Å². The molecule has 0 saturated heterocycles. The van der Waals surface area contributed by atoms with Crippen LogP contribution in [0, 0.1) is 6.92 Å². The Labute approximate surface area is 156 Å². The van der Waals surface area contributed by atoms with Crippen LogP contribution in [-0.4, -0.2) is 52.9 Å². The van der Waals surface area contributed by atoms with Gasteiger partial charge in [0.1, 0.15) is 5.69 Å². The SMILES string of the molecule is COC(=O)c1cc2c(nc1C)CCN(C(=O)c1cccnc1C(N)=O)CC2. The number of aromatic nitrogens is 2. The van der Waals surface area contributed by atoms with Gasteiger partial charge < -0.3 is 15.4 Å². The molecule has 8 heteroatoms. The van der Waals surface area contributed by atoms with Crippen molar-refractivity contribution >= 4 is 17.8 Å². The van der Waals surface area contributed by atoms with E-state index in [0.717, 1.165) is 11.3 Å². The number of esters is 1. The van der Waals surface area contributed by atoms with Crippen molar-refractivity contribution in [2.75, 3.05) is 20.2 Å². The lowest BCUT2D eigenvalue weighted by atomic mass is 10.0. The molecule has 0 atom stereocenters. The number of aryl methyl sites for hydroxylation is 1. The Kier molecular flexibility index (Phi) is 5.16. The first-order valence-corrected chi connectivity index (χ1v) is 8.54. The molecule has 2 amide bonds. The lowest BCUT2D eigenvalue weighted by Gasteiger charge is -2.20. The van der Waals surface area contributed by atoms with Gasteiger partial charge in [-0.2, -0.15) is 0 Å². The summed E-state index contributed by atoms with van der Waals surface area (Å²) in [6.07, 6.45) is 2.52. The van der Waals surface area contributed by atoms with Gasteiger partial charge in [0.15, 0.2) is 0 Å². The highest BCUT2D eigenvalue weighted by Crippen LogP contribution is 2.20. The second-order valence-corrected chi connectivity index (χ2v) is 6.27. The Morgan fingerprint density at radius 1 is 1.19 bits per heavy atom. The Morgan fingerprint density at radius 2 is 1.93 bits per heavy atom. The number of fused-ring (bicyclic) bond motifs is 1. The van der Waals surface area contributed by atoms with Gasteiger partial charge in [-0.15, -0.1) is 0 Å². The van der Waals surface area contributed by atoms with Crippen LogP contribution < -0.4 is 5.73 Å². The second kappa shape index (κ2) is 7.53. The molecule has 3 rings (SSSR count). The highest BCUT2D eigenvalue weighted by Gasteiger charge is 2.25. The topological polar surface area (TPSA) is 115 Å². The molecule has 2 aromatic heterocycles. The van der Waals surface area contributed by atoms with Crippen molar-refractivity contribution in [2.45, 2.75) is 19.8 Å². The Hall–Kier alpha value is -3.29. The molecule has 3 heterocycles. The van der Waals surface area contributed by atoms with Crippen molar-refractivity contribution in [2.24, 2.45) is 5.73 Å². The number of carbonyl (C=O) groups excluding carboxylic acids is 3. The zero-order valence-corrected chi connectivity index (χ0v) is 15.2. The summed E-state index contributed by atoms with van der Waals surface area (Å²) in [5, 5.41) is 0. The molecule has 2 aromatic rings. The number of carbonyl (C=O) groups is 3. The van der Waals surface area contributed by atoms with Crippen molar-refractivity contribution in [3.8, 4) is 0 Å². The molecule has 0 unspecified atom stereocenters. The van der Waals surface area contributed by atoms with E-state index >= 15 is 0 Å². The van der Waals surface area contributed by atoms with Crippen LogP contribution in [-0.2, 0) is 17.6 Å². The van der Waals surface area contributed by atoms with Crippen molar-refractivity contribution in [1.82, 2.24) is 14.9 Å².